The minimum absolute atomic E-state index is 0. The second-order valence-corrected chi connectivity index (χ2v) is 8.03. The standard InChI is InChI=1S/C24H31N3O2.ClH/c28-24(26-11-4-14-27-15-12-25-13-16-27)23-17-22(23)20-7-9-21(10-8-20)29-18-19-5-2-1-3-6-19;/h1-3,5-10,22-23,25H,4,11-18H2,(H,26,28);1H. The summed E-state index contributed by atoms with van der Waals surface area (Å²) >= 11 is 0. The Morgan fingerprint density at radius 1 is 1.07 bits per heavy atom. The maximum atomic E-state index is 12.4. The van der Waals surface area contributed by atoms with Crippen molar-refractivity contribution in [2.24, 2.45) is 5.92 Å². The number of piperazine rings is 1. The molecule has 2 N–H and O–H groups in total. The summed E-state index contributed by atoms with van der Waals surface area (Å²) < 4.78 is 5.85. The van der Waals surface area contributed by atoms with E-state index in [2.05, 4.69) is 39.8 Å². The Balaban J connectivity index is 0.00000256. The van der Waals surface area contributed by atoms with Gasteiger partial charge in [-0.3, -0.25) is 4.79 Å². The van der Waals surface area contributed by atoms with Crippen LogP contribution in [-0.2, 0) is 11.4 Å². The molecule has 1 saturated carbocycles. The van der Waals surface area contributed by atoms with Gasteiger partial charge in [0.05, 0.1) is 0 Å². The van der Waals surface area contributed by atoms with Gasteiger partial charge in [0.25, 0.3) is 0 Å². The predicted octanol–water partition coefficient (Wildman–Crippen LogP) is 3.20. The fourth-order valence-corrected chi connectivity index (χ4v) is 3.99. The average Bonchev–Trinajstić information content (AvgIpc) is 3.58. The van der Waals surface area contributed by atoms with Crippen LogP contribution in [0, 0.1) is 5.92 Å². The average molecular weight is 430 g/mol. The van der Waals surface area contributed by atoms with Crippen molar-refractivity contribution < 1.29 is 9.53 Å². The fourth-order valence-electron chi connectivity index (χ4n) is 3.99. The lowest BCUT2D eigenvalue weighted by molar-refractivity contribution is -0.122. The highest BCUT2D eigenvalue weighted by Crippen LogP contribution is 2.47. The number of carbonyl (C=O) groups excluding carboxylic acids is 1. The van der Waals surface area contributed by atoms with Crippen LogP contribution >= 0.6 is 12.4 Å². The van der Waals surface area contributed by atoms with Crippen molar-refractivity contribution in [3.63, 3.8) is 0 Å². The minimum Gasteiger partial charge on any atom is -0.489 e. The Kier molecular flexibility index (Phi) is 8.55. The normalized spacial score (nSPS) is 20.8. The molecule has 1 heterocycles. The number of benzene rings is 2. The molecule has 1 aliphatic carbocycles. The molecule has 0 aromatic heterocycles. The van der Waals surface area contributed by atoms with Crippen molar-refractivity contribution in [2.45, 2.75) is 25.4 Å². The molecule has 162 valence electrons. The van der Waals surface area contributed by atoms with E-state index in [4.69, 9.17) is 4.74 Å². The Labute approximate surface area is 185 Å². The van der Waals surface area contributed by atoms with E-state index in [0.29, 0.717) is 12.5 Å². The molecule has 0 radical (unpaired) electrons. The van der Waals surface area contributed by atoms with Gasteiger partial charge in [0, 0.05) is 38.6 Å². The van der Waals surface area contributed by atoms with Crippen LogP contribution in [0.2, 0.25) is 0 Å². The van der Waals surface area contributed by atoms with Crippen LogP contribution in [0.5, 0.6) is 5.75 Å². The summed E-state index contributed by atoms with van der Waals surface area (Å²) in [5, 5.41) is 6.49. The van der Waals surface area contributed by atoms with Crippen molar-refractivity contribution in [1.82, 2.24) is 15.5 Å². The van der Waals surface area contributed by atoms with E-state index in [0.717, 1.165) is 63.4 Å². The Morgan fingerprint density at radius 2 is 1.80 bits per heavy atom. The molecular formula is C24H32ClN3O2. The monoisotopic (exact) mass is 429 g/mol. The number of carbonyl (C=O) groups is 1. The molecule has 4 rings (SSSR count). The van der Waals surface area contributed by atoms with Crippen molar-refractivity contribution in [1.29, 1.82) is 0 Å². The summed E-state index contributed by atoms with van der Waals surface area (Å²) in [5.41, 5.74) is 2.39. The quantitative estimate of drug-likeness (QED) is 0.601. The maximum Gasteiger partial charge on any atom is 0.223 e. The number of nitrogens with one attached hydrogen (secondary N) is 2. The van der Waals surface area contributed by atoms with Crippen LogP contribution in [0.1, 0.15) is 29.9 Å². The zero-order valence-corrected chi connectivity index (χ0v) is 18.2. The molecule has 0 bridgehead atoms. The van der Waals surface area contributed by atoms with Crippen LogP contribution in [0.3, 0.4) is 0 Å². The van der Waals surface area contributed by atoms with E-state index >= 15 is 0 Å². The molecule has 1 amide bonds. The first kappa shape index (κ1) is 22.6. The topological polar surface area (TPSA) is 53.6 Å². The number of halogens is 1. The number of ether oxygens (including phenoxy) is 1. The SMILES string of the molecule is Cl.O=C(NCCCN1CCNCC1)C1CC1c1ccc(OCc2ccccc2)cc1. The highest BCUT2D eigenvalue weighted by molar-refractivity contribution is 5.85. The number of hydrogen-bond acceptors (Lipinski definition) is 4. The zero-order valence-electron chi connectivity index (χ0n) is 17.4. The molecule has 2 fully saturated rings. The van der Waals surface area contributed by atoms with Crippen molar-refractivity contribution in [3.05, 3.63) is 65.7 Å². The van der Waals surface area contributed by atoms with E-state index in [-0.39, 0.29) is 24.2 Å². The summed E-state index contributed by atoms with van der Waals surface area (Å²) in [4.78, 5) is 14.9. The Morgan fingerprint density at radius 3 is 2.53 bits per heavy atom. The largest absolute Gasteiger partial charge is 0.489 e. The summed E-state index contributed by atoms with van der Waals surface area (Å²) in [6.45, 7) is 6.80. The Hall–Kier alpha value is -2.08. The number of rotatable bonds is 9. The van der Waals surface area contributed by atoms with Crippen molar-refractivity contribution in [2.75, 3.05) is 39.3 Å². The van der Waals surface area contributed by atoms with Gasteiger partial charge in [-0.05, 0) is 48.6 Å². The van der Waals surface area contributed by atoms with Crippen LogP contribution in [-0.4, -0.2) is 50.1 Å². The summed E-state index contributed by atoms with van der Waals surface area (Å²) in [6, 6.07) is 18.4. The molecule has 2 unspecified atom stereocenters. The van der Waals surface area contributed by atoms with E-state index in [1.54, 1.807) is 0 Å². The van der Waals surface area contributed by atoms with E-state index in [1.807, 2.05) is 30.3 Å². The lowest BCUT2D eigenvalue weighted by atomic mass is 10.1. The zero-order chi connectivity index (χ0) is 19.9. The summed E-state index contributed by atoms with van der Waals surface area (Å²) in [6.07, 6.45) is 1.98. The second-order valence-electron chi connectivity index (χ2n) is 8.03. The lowest BCUT2D eigenvalue weighted by Gasteiger charge is -2.27. The first-order chi connectivity index (χ1) is 14.3. The molecule has 1 saturated heterocycles. The van der Waals surface area contributed by atoms with Crippen LogP contribution in [0.25, 0.3) is 0 Å². The first-order valence-electron chi connectivity index (χ1n) is 10.8. The van der Waals surface area contributed by atoms with Gasteiger partial charge >= 0.3 is 0 Å². The number of nitrogens with zero attached hydrogens (tertiary/aromatic N) is 1. The molecule has 5 nitrogen and oxygen atoms in total. The predicted molar refractivity (Wildman–Crippen MR) is 122 cm³/mol. The summed E-state index contributed by atoms with van der Waals surface area (Å²) in [5.74, 6) is 1.56. The van der Waals surface area contributed by atoms with E-state index in [1.165, 1.54) is 5.56 Å². The van der Waals surface area contributed by atoms with Crippen molar-refractivity contribution >= 4 is 18.3 Å². The molecule has 2 atom stereocenters. The molecule has 6 heteroatoms. The van der Waals surface area contributed by atoms with Crippen LogP contribution in [0.4, 0.5) is 0 Å². The van der Waals surface area contributed by atoms with Crippen LogP contribution < -0.4 is 15.4 Å². The summed E-state index contributed by atoms with van der Waals surface area (Å²) in [7, 11) is 0. The lowest BCUT2D eigenvalue weighted by Crippen LogP contribution is -2.44. The van der Waals surface area contributed by atoms with Gasteiger partial charge < -0.3 is 20.3 Å². The van der Waals surface area contributed by atoms with Crippen molar-refractivity contribution in [3.8, 4) is 5.75 Å². The molecule has 0 spiro atoms. The first-order valence-corrected chi connectivity index (χ1v) is 10.8. The van der Waals surface area contributed by atoms with Crippen LogP contribution in [0.15, 0.2) is 54.6 Å². The third-order valence-electron chi connectivity index (χ3n) is 5.84. The third kappa shape index (κ3) is 6.46. The van der Waals surface area contributed by atoms with Gasteiger partial charge in [-0.2, -0.15) is 0 Å². The van der Waals surface area contributed by atoms with Gasteiger partial charge in [-0.25, -0.2) is 0 Å². The molecule has 2 aromatic carbocycles. The van der Waals surface area contributed by atoms with Gasteiger partial charge in [-0.15, -0.1) is 12.4 Å². The number of amides is 1. The van der Waals surface area contributed by atoms with E-state index < -0.39 is 0 Å². The molecule has 2 aliphatic rings. The molecule has 30 heavy (non-hydrogen) atoms. The third-order valence-corrected chi connectivity index (χ3v) is 5.84. The van der Waals surface area contributed by atoms with Gasteiger partial charge in [0.1, 0.15) is 12.4 Å². The highest BCUT2D eigenvalue weighted by atomic mass is 35.5. The molecular weight excluding hydrogens is 398 g/mol. The second kappa shape index (κ2) is 11.3. The number of hydrogen-bond donors (Lipinski definition) is 2. The minimum atomic E-state index is 0. The molecule has 1 aliphatic heterocycles. The van der Waals surface area contributed by atoms with Gasteiger partial charge in [0.2, 0.25) is 5.91 Å². The fraction of sp³-hybridized carbons (Fsp3) is 0.458. The highest BCUT2D eigenvalue weighted by Gasteiger charge is 2.43. The van der Waals surface area contributed by atoms with E-state index in [9.17, 15) is 4.79 Å². The Bertz CT molecular complexity index is 779. The smallest absolute Gasteiger partial charge is 0.223 e. The maximum absolute atomic E-state index is 12.4. The van der Waals surface area contributed by atoms with Gasteiger partial charge in [0.15, 0.2) is 0 Å². The molecule has 2 aromatic rings. The van der Waals surface area contributed by atoms with Gasteiger partial charge in [-0.1, -0.05) is 42.5 Å².